The number of aromatic amines is 1. The molecule has 0 saturated carbocycles. The number of aromatic nitrogens is 1. The molecular formula is C14H18N2O. The Morgan fingerprint density at radius 2 is 2.24 bits per heavy atom. The van der Waals surface area contributed by atoms with Crippen molar-refractivity contribution >= 4 is 10.9 Å². The van der Waals surface area contributed by atoms with Crippen LogP contribution in [0, 0.1) is 0 Å². The van der Waals surface area contributed by atoms with E-state index in [1.54, 1.807) is 7.11 Å². The van der Waals surface area contributed by atoms with Crippen LogP contribution < -0.4 is 4.74 Å². The van der Waals surface area contributed by atoms with Gasteiger partial charge in [-0.1, -0.05) is 0 Å². The van der Waals surface area contributed by atoms with E-state index in [2.05, 4.69) is 36.0 Å². The first-order valence-corrected chi connectivity index (χ1v) is 6.09. The maximum atomic E-state index is 5.31. The third-order valence-electron chi connectivity index (χ3n) is 3.94. The van der Waals surface area contributed by atoms with Crippen molar-refractivity contribution in [3.63, 3.8) is 0 Å². The first kappa shape index (κ1) is 10.7. The smallest absolute Gasteiger partial charge is 0.119 e. The number of nitrogens with zero attached hydrogens (tertiary/aromatic N) is 1. The van der Waals surface area contributed by atoms with E-state index in [1.165, 1.54) is 22.2 Å². The number of methoxy groups -OCH3 is 1. The van der Waals surface area contributed by atoms with Gasteiger partial charge in [-0.2, -0.15) is 0 Å². The van der Waals surface area contributed by atoms with Crippen LogP contribution in [0.4, 0.5) is 0 Å². The third-order valence-corrected chi connectivity index (χ3v) is 3.94. The minimum Gasteiger partial charge on any atom is -0.497 e. The average Bonchev–Trinajstić information content (AvgIpc) is 2.72. The van der Waals surface area contributed by atoms with Gasteiger partial charge in [-0.05, 0) is 44.2 Å². The molecule has 90 valence electrons. The van der Waals surface area contributed by atoms with Crippen LogP contribution in [0.15, 0.2) is 18.2 Å². The Hall–Kier alpha value is -1.48. The predicted octanol–water partition coefficient (Wildman–Crippen LogP) is 2.73. The molecule has 0 radical (unpaired) electrons. The predicted molar refractivity (Wildman–Crippen MR) is 69.6 cm³/mol. The highest BCUT2D eigenvalue weighted by Gasteiger charge is 2.24. The van der Waals surface area contributed by atoms with Gasteiger partial charge in [0.1, 0.15) is 5.75 Å². The number of hydrogen-bond donors (Lipinski definition) is 1. The number of likely N-dealkylation sites (N-methyl/N-ethyl adjacent to an activating group) is 1. The topological polar surface area (TPSA) is 28.3 Å². The molecule has 0 fully saturated rings. The van der Waals surface area contributed by atoms with Crippen LogP contribution in [0.5, 0.6) is 5.75 Å². The van der Waals surface area contributed by atoms with Crippen LogP contribution >= 0.6 is 0 Å². The normalized spacial score (nSPS) is 20.5. The van der Waals surface area contributed by atoms with Crippen LogP contribution in [-0.4, -0.2) is 30.6 Å². The van der Waals surface area contributed by atoms with Gasteiger partial charge in [-0.15, -0.1) is 0 Å². The lowest BCUT2D eigenvalue weighted by Gasteiger charge is -2.29. The summed E-state index contributed by atoms with van der Waals surface area (Å²) < 4.78 is 5.31. The Labute approximate surface area is 101 Å². The van der Waals surface area contributed by atoms with E-state index in [-0.39, 0.29) is 0 Å². The Balaban J connectivity index is 2.21. The largest absolute Gasteiger partial charge is 0.497 e. The lowest BCUT2D eigenvalue weighted by molar-refractivity contribution is 0.244. The molecule has 0 amide bonds. The molecule has 0 saturated heterocycles. The van der Waals surface area contributed by atoms with Gasteiger partial charge < -0.3 is 9.72 Å². The second-order valence-corrected chi connectivity index (χ2v) is 4.84. The molecule has 1 aromatic carbocycles. The standard InChI is InChI=1S/C14H18N2O/c1-9-14-11(6-7-16(9)2)12-8-10(17-3)4-5-13(12)15-14/h4-5,8-9,15H,6-7H2,1-3H3. The fourth-order valence-corrected chi connectivity index (χ4v) is 2.70. The van der Waals surface area contributed by atoms with E-state index in [0.29, 0.717) is 6.04 Å². The summed E-state index contributed by atoms with van der Waals surface area (Å²) in [6, 6.07) is 6.73. The van der Waals surface area contributed by atoms with Gasteiger partial charge in [0.05, 0.1) is 7.11 Å². The lowest BCUT2D eigenvalue weighted by atomic mass is 9.99. The van der Waals surface area contributed by atoms with Gasteiger partial charge in [-0.3, -0.25) is 4.90 Å². The van der Waals surface area contributed by atoms with Crippen molar-refractivity contribution in [3.05, 3.63) is 29.5 Å². The molecule has 1 aliphatic heterocycles. The number of ether oxygens (including phenoxy) is 1. The minimum absolute atomic E-state index is 0.470. The average molecular weight is 230 g/mol. The fraction of sp³-hybridized carbons (Fsp3) is 0.429. The molecule has 3 nitrogen and oxygen atoms in total. The summed E-state index contributed by atoms with van der Waals surface area (Å²) >= 11 is 0. The van der Waals surface area contributed by atoms with Crippen molar-refractivity contribution in [2.24, 2.45) is 0 Å². The highest BCUT2D eigenvalue weighted by Crippen LogP contribution is 2.34. The van der Waals surface area contributed by atoms with Crippen molar-refractivity contribution in [1.29, 1.82) is 0 Å². The van der Waals surface area contributed by atoms with E-state index in [0.717, 1.165) is 18.7 Å². The second-order valence-electron chi connectivity index (χ2n) is 4.84. The molecule has 1 N–H and O–H groups in total. The van der Waals surface area contributed by atoms with Gasteiger partial charge in [0, 0.05) is 29.2 Å². The first-order valence-electron chi connectivity index (χ1n) is 6.09. The molecule has 3 heteroatoms. The molecule has 0 spiro atoms. The Bertz CT molecular complexity index is 559. The molecule has 1 unspecified atom stereocenters. The third kappa shape index (κ3) is 1.53. The van der Waals surface area contributed by atoms with Crippen LogP contribution in [0.25, 0.3) is 10.9 Å². The van der Waals surface area contributed by atoms with E-state index in [9.17, 15) is 0 Å². The van der Waals surface area contributed by atoms with Gasteiger partial charge in [0.2, 0.25) is 0 Å². The summed E-state index contributed by atoms with van der Waals surface area (Å²) in [6.07, 6.45) is 1.11. The molecule has 17 heavy (non-hydrogen) atoms. The Morgan fingerprint density at radius 1 is 1.41 bits per heavy atom. The maximum Gasteiger partial charge on any atom is 0.119 e. The van der Waals surface area contributed by atoms with E-state index in [1.807, 2.05) is 6.07 Å². The summed E-state index contributed by atoms with van der Waals surface area (Å²) in [7, 11) is 3.90. The van der Waals surface area contributed by atoms with Crippen LogP contribution in [0.3, 0.4) is 0 Å². The highest BCUT2D eigenvalue weighted by atomic mass is 16.5. The fourth-order valence-electron chi connectivity index (χ4n) is 2.70. The van der Waals surface area contributed by atoms with Crippen LogP contribution in [-0.2, 0) is 6.42 Å². The summed E-state index contributed by atoms with van der Waals surface area (Å²) in [5.74, 6) is 0.936. The molecule has 0 aliphatic carbocycles. The zero-order chi connectivity index (χ0) is 12.0. The summed E-state index contributed by atoms with van der Waals surface area (Å²) in [4.78, 5) is 5.93. The minimum atomic E-state index is 0.470. The second kappa shape index (κ2) is 3.77. The lowest BCUT2D eigenvalue weighted by Crippen LogP contribution is -2.30. The molecule has 1 aliphatic rings. The summed E-state index contributed by atoms with van der Waals surface area (Å²) in [5.41, 5.74) is 4.05. The Kier molecular flexibility index (Phi) is 2.37. The quantitative estimate of drug-likeness (QED) is 0.816. The summed E-state index contributed by atoms with van der Waals surface area (Å²) in [5, 5.41) is 1.32. The van der Waals surface area contributed by atoms with Crippen molar-refractivity contribution in [2.45, 2.75) is 19.4 Å². The van der Waals surface area contributed by atoms with Gasteiger partial charge in [0.15, 0.2) is 0 Å². The highest BCUT2D eigenvalue weighted by molar-refractivity contribution is 5.86. The number of rotatable bonds is 1. The summed E-state index contributed by atoms with van der Waals surface area (Å²) in [6.45, 7) is 3.38. The molecule has 2 heterocycles. The monoisotopic (exact) mass is 230 g/mol. The van der Waals surface area contributed by atoms with E-state index >= 15 is 0 Å². The van der Waals surface area contributed by atoms with E-state index in [4.69, 9.17) is 4.74 Å². The first-order chi connectivity index (χ1) is 8.20. The molecular weight excluding hydrogens is 212 g/mol. The molecule has 1 aromatic heterocycles. The van der Waals surface area contributed by atoms with E-state index < -0.39 is 0 Å². The molecule has 3 rings (SSSR count). The maximum absolute atomic E-state index is 5.31. The number of hydrogen-bond acceptors (Lipinski definition) is 2. The number of fused-ring (bicyclic) bond motifs is 3. The zero-order valence-electron chi connectivity index (χ0n) is 10.6. The van der Waals surface area contributed by atoms with Crippen molar-refractivity contribution < 1.29 is 4.74 Å². The zero-order valence-corrected chi connectivity index (χ0v) is 10.6. The number of benzene rings is 1. The number of H-pyrrole nitrogens is 1. The van der Waals surface area contributed by atoms with Crippen LogP contribution in [0.2, 0.25) is 0 Å². The number of nitrogens with one attached hydrogen (secondary N) is 1. The SMILES string of the molecule is COc1ccc2[nH]c3c(c2c1)CCN(C)C3C. The van der Waals surface area contributed by atoms with Gasteiger partial charge in [0.25, 0.3) is 0 Å². The van der Waals surface area contributed by atoms with Crippen molar-refractivity contribution in [1.82, 2.24) is 9.88 Å². The van der Waals surface area contributed by atoms with Crippen molar-refractivity contribution in [2.75, 3.05) is 20.7 Å². The molecule has 2 aromatic rings. The molecule has 0 bridgehead atoms. The van der Waals surface area contributed by atoms with Gasteiger partial charge in [-0.25, -0.2) is 0 Å². The molecule has 1 atom stereocenters. The van der Waals surface area contributed by atoms with Crippen molar-refractivity contribution in [3.8, 4) is 5.75 Å². The van der Waals surface area contributed by atoms with Gasteiger partial charge >= 0.3 is 0 Å². The Morgan fingerprint density at radius 3 is 3.00 bits per heavy atom. The van der Waals surface area contributed by atoms with Crippen LogP contribution in [0.1, 0.15) is 24.2 Å².